The zero-order chi connectivity index (χ0) is 14.7. The monoisotopic (exact) mass is 283 g/mol. The maximum absolute atomic E-state index is 5.98. The lowest BCUT2D eigenvalue weighted by Crippen LogP contribution is -2.22. The number of benzene rings is 1. The molecule has 2 heterocycles. The molecule has 4 nitrogen and oxygen atoms in total. The molecular formula is C17H21N3O. The minimum atomic E-state index is 0.184. The Morgan fingerprint density at radius 2 is 2.05 bits per heavy atom. The van der Waals surface area contributed by atoms with E-state index in [0.29, 0.717) is 6.61 Å². The molecule has 0 amide bonds. The minimum Gasteiger partial charge on any atom is -0.493 e. The molecule has 0 saturated heterocycles. The van der Waals surface area contributed by atoms with Gasteiger partial charge in [0.05, 0.1) is 12.5 Å². The van der Waals surface area contributed by atoms with Crippen LogP contribution in [0.15, 0.2) is 36.7 Å². The van der Waals surface area contributed by atoms with Gasteiger partial charge >= 0.3 is 0 Å². The van der Waals surface area contributed by atoms with Crippen molar-refractivity contribution in [3.8, 4) is 5.75 Å². The van der Waals surface area contributed by atoms with Gasteiger partial charge < -0.3 is 10.5 Å². The van der Waals surface area contributed by atoms with Crippen molar-refractivity contribution in [1.29, 1.82) is 0 Å². The summed E-state index contributed by atoms with van der Waals surface area (Å²) in [5.41, 5.74) is 8.26. The third-order valence-corrected chi connectivity index (χ3v) is 4.02. The fourth-order valence-corrected chi connectivity index (χ4v) is 2.71. The van der Waals surface area contributed by atoms with Crippen LogP contribution in [-0.2, 0) is 6.42 Å². The van der Waals surface area contributed by atoms with E-state index in [0.717, 1.165) is 36.4 Å². The van der Waals surface area contributed by atoms with Gasteiger partial charge in [0.2, 0.25) is 0 Å². The van der Waals surface area contributed by atoms with Gasteiger partial charge in [-0.15, -0.1) is 0 Å². The van der Waals surface area contributed by atoms with Crippen LogP contribution in [0.1, 0.15) is 42.6 Å². The Bertz CT molecular complexity index is 597. The summed E-state index contributed by atoms with van der Waals surface area (Å²) in [4.78, 5) is 9.13. The molecule has 110 valence electrons. The van der Waals surface area contributed by atoms with Crippen LogP contribution in [0.4, 0.5) is 0 Å². The van der Waals surface area contributed by atoms with Crippen LogP contribution in [-0.4, -0.2) is 22.6 Å². The summed E-state index contributed by atoms with van der Waals surface area (Å²) in [5.74, 6) is 2.05. The molecule has 21 heavy (non-hydrogen) atoms. The molecular weight excluding hydrogens is 262 g/mol. The number of para-hydroxylation sites is 1. The van der Waals surface area contributed by atoms with E-state index < -0.39 is 0 Å². The summed E-state index contributed by atoms with van der Waals surface area (Å²) in [7, 11) is 0. The lowest BCUT2D eigenvalue weighted by atomic mass is 9.92. The van der Waals surface area contributed by atoms with Crippen molar-refractivity contribution in [3.05, 3.63) is 53.6 Å². The predicted molar refractivity (Wildman–Crippen MR) is 82.4 cm³/mol. The van der Waals surface area contributed by atoms with Crippen LogP contribution in [0, 0.1) is 0 Å². The van der Waals surface area contributed by atoms with E-state index in [-0.39, 0.29) is 12.0 Å². The van der Waals surface area contributed by atoms with Gasteiger partial charge in [0.1, 0.15) is 11.6 Å². The van der Waals surface area contributed by atoms with Gasteiger partial charge in [-0.2, -0.15) is 0 Å². The van der Waals surface area contributed by atoms with Gasteiger partial charge in [0, 0.05) is 24.0 Å². The smallest absolute Gasteiger partial charge is 0.135 e. The number of hydrogen-bond acceptors (Lipinski definition) is 4. The Kier molecular flexibility index (Phi) is 4.15. The molecule has 0 saturated carbocycles. The van der Waals surface area contributed by atoms with Crippen LogP contribution in [0.3, 0.4) is 0 Å². The highest BCUT2D eigenvalue weighted by molar-refractivity contribution is 5.40. The molecule has 3 rings (SSSR count). The first-order chi connectivity index (χ1) is 10.3. The molecule has 1 aromatic carbocycles. The van der Waals surface area contributed by atoms with Gasteiger partial charge in [0.25, 0.3) is 0 Å². The number of nitrogens with zero attached hydrogens (tertiary/aromatic N) is 2. The highest BCUT2D eigenvalue weighted by Crippen LogP contribution is 2.36. The van der Waals surface area contributed by atoms with Crippen molar-refractivity contribution in [1.82, 2.24) is 9.97 Å². The lowest BCUT2D eigenvalue weighted by molar-refractivity contribution is 0.274. The number of nitrogens with two attached hydrogens (primary N) is 1. The molecule has 0 spiro atoms. The quantitative estimate of drug-likeness (QED) is 0.937. The van der Waals surface area contributed by atoms with Crippen LogP contribution in [0.5, 0.6) is 5.75 Å². The second kappa shape index (κ2) is 6.22. The fourth-order valence-electron chi connectivity index (χ4n) is 2.71. The van der Waals surface area contributed by atoms with Crippen LogP contribution < -0.4 is 10.5 Å². The van der Waals surface area contributed by atoms with E-state index in [2.05, 4.69) is 23.0 Å². The number of rotatable bonds is 4. The number of ether oxygens (including phenoxy) is 1. The topological polar surface area (TPSA) is 61.0 Å². The number of hydrogen-bond donors (Lipinski definition) is 1. The molecule has 2 unspecified atom stereocenters. The van der Waals surface area contributed by atoms with Crippen LogP contribution in [0.2, 0.25) is 0 Å². The Hall–Kier alpha value is -1.94. The second-order valence-corrected chi connectivity index (χ2v) is 5.55. The van der Waals surface area contributed by atoms with Crippen molar-refractivity contribution < 1.29 is 4.74 Å². The highest BCUT2D eigenvalue weighted by Gasteiger charge is 2.24. The van der Waals surface area contributed by atoms with E-state index in [1.54, 1.807) is 0 Å². The highest BCUT2D eigenvalue weighted by atomic mass is 16.5. The molecule has 2 N–H and O–H groups in total. The number of aromatic nitrogens is 2. The van der Waals surface area contributed by atoms with Gasteiger partial charge in [-0.1, -0.05) is 25.1 Å². The Balaban J connectivity index is 1.82. The van der Waals surface area contributed by atoms with E-state index in [4.69, 9.17) is 10.5 Å². The minimum absolute atomic E-state index is 0.184. The molecule has 0 radical (unpaired) electrons. The van der Waals surface area contributed by atoms with Gasteiger partial charge in [-0.05, 0) is 30.9 Å². The molecule has 0 bridgehead atoms. The summed E-state index contributed by atoms with van der Waals surface area (Å²) < 4.78 is 5.69. The fraction of sp³-hybridized carbons (Fsp3) is 0.412. The number of fused-ring (bicyclic) bond motifs is 1. The van der Waals surface area contributed by atoms with Crippen molar-refractivity contribution in [2.45, 2.75) is 38.1 Å². The molecule has 0 aliphatic carbocycles. The summed E-state index contributed by atoms with van der Waals surface area (Å²) in [5, 5.41) is 0. The van der Waals surface area contributed by atoms with Crippen molar-refractivity contribution in [3.63, 3.8) is 0 Å². The first kappa shape index (κ1) is 14.0. The predicted octanol–water partition coefficient (Wildman–Crippen LogP) is 2.67. The molecule has 1 aromatic heterocycles. The first-order valence-corrected chi connectivity index (χ1v) is 7.56. The van der Waals surface area contributed by atoms with Crippen LogP contribution in [0.25, 0.3) is 0 Å². The zero-order valence-electron chi connectivity index (χ0n) is 12.3. The molecule has 1 aliphatic heterocycles. The molecule has 2 atom stereocenters. The third kappa shape index (κ3) is 3.05. The zero-order valence-corrected chi connectivity index (χ0v) is 12.3. The maximum Gasteiger partial charge on any atom is 0.135 e. The Morgan fingerprint density at radius 1 is 1.29 bits per heavy atom. The maximum atomic E-state index is 5.98. The molecule has 4 heteroatoms. The van der Waals surface area contributed by atoms with Crippen LogP contribution >= 0.6 is 0 Å². The SMILES string of the molecule is CCC(N)Cc1cnc(C2CCOc3ccccc32)nc1. The molecule has 2 aromatic rings. The summed E-state index contributed by atoms with van der Waals surface area (Å²) >= 11 is 0. The van der Waals surface area contributed by atoms with Gasteiger partial charge in [-0.25, -0.2) is 9.97 Å². The second-order valence-electron chi connectivity index (χ2n) is 5.55. The van der Waals surface area contributed by atoms with Gasteiger partial charge in [-0.3, -0.25) is 0 Å². The van der Waals surface area contributed by atoms with E-state index in [9.17, 15) is 0 Å². The summed E-state index contributed by atoms with van der Waals surface area (Å²) in [6, 6.07) is 8.33. The van der Waals surface area contributed by atoms with Crippen molar-refractivity contribution in [2.75, 3.05) is 6.61 Å². The largest absolute Gasteiger partial charge is 0.493 e. The normalized spacial score (nSPS) is 18.7. The molecule has 0 fully saturated rings. The third-order valence-electron chi connectivity index (χ3n) is 4.02. The average Bonchev–Trinajstić information content (AvgIpc) is 2.55. The lowest BCUT2D eigenvalue weighted by Gasteiger charge is -2.24. The summed E-state index contributed by atoms with van der Waals surface area (Å²) in [6.07, 6.45) is 6.55. The van der Waals surface area contributed by atoms with E-state index >= 15 is 0 Å². The standard InChI is InChI=1S/C17H21N3O/c1-2-13(18)9-12-10-19-17(20-11-12)15-7-8-21-16-6-4-3-5-14(15)16/h3-6,10-11,13,15H,2,7-9,18H2,1H3. The van der Waals surface area contributed by atoms with Gasteiger partial charge in [0.15, 0.2) is 0 Å². The molecule has 1 aliphatic rings. The van der Waals surface area contributed by atoms with Crippen molar-refractivity contribution >= 4 is 0 Å². The van der Waals surface area contributed by atoms with E-state index in [1.165, 1.54) is 5.56 Å². The van der Waals surface area contributed by atoms with Crippen molar-refractivity contribution in [2.24, 2.45) is 5.73 Å². The Labute approximate surface area is 125 Å². The van der Waals surface area contributed by atoms with E-state index in [1.807, 2.05) is 30.6 Å². The Morgan fingerprint density at radius 3 is 2.81 bits per heavy atom. The average molecular weight is 283 g/mol. The first-order valence-electron chi connectivity index (χ1n) is 7.56. The summed E-state index contributed by atoms with van der Waals surface area (Å²) in [6.45, 7) is 2.81.